The van der Waals surface area contributed by atoms with E-state index in [0.29, 0.717) is 5.88 Å². The number of alkyl halides is 1. The largest absolute Gasteiger partial charge is 0.326 e. The Balaban J connectivity index is 3.60. The molecule has 0 atom stereocenters. The van der Waals surface area contributed by atoms with Crippen LogP contribution in [0.2, 0.25) is 0 Å². The Morgan fingerprint density at radius 3 is 2.73 bits per heavy atom. The van der Waals surface area contributed by atoms with Crippen molar-refractivity contribution in [2.45, 2.75) is 26.2 Å². The van der Waals surface area contributed by atoms with Crippen LogP contribution in [0.3, 0.4) is 0 Å². The zero-order valence-electron chi connectivity index (χ0n) is 7.28. The summed E-state index contributed by atoms with van der Waals surface area (Å²) < 4.78 is 0. The van der Waals surface area contributed by atoms with E-state index >= 15 is 0 Å². The first-order chi connectivity index (χ1) is 5.35. The highest BCUT2D eigenvalue weighted by Crippen LogP contribution is 2.03. The Bertz CT molecular complexity index is 113. The predicted octanol–water partition coefficient (Wildman–Crippen LogP) is 2.02. The van der Waals surface area contributed by atoms with Gasteiger partial charge >= 0.3 is 0 Å². The minimum atomic E-state index is 0.577. The highest BCUT2D eigenvalue weighted by Gasteiger charge is 1.92. The van der Waals surface area contributed by atoms with Gasteiger partial charge in [0.25, 0.3) is 0 Å². The minimum absolute atomic E-state index is 0.577. The standard InChI is InChI=1S/C8H17ClN2/c1-3-4-5-8(6-7-9)11-10-2/h6,10-11H,3-5,7H2,1-2H3/b8-6-. The van der Waals surface area contributed by atoms with E-state index in [4.69, 9.17) is 11.6 Å². The Labute approximate surface area is 74.0 Å². The summed E-state index contributed by atoms with van der Waals surface area (Å²) in [5.41, 5.74) is 7.11. The molecule has 0 rings (SSSR count). The maximum atomic E-state index is 5.57. The van der Waals surface area contributed by atoms with E-state index in [0.717, 1.165) is 6.42 Å². The topological polar surface area (TPSA) is 24.1 Å². The van der Waals surface area contributed by atoms with Gasteiger partial charge in [-0.3, -0.25) is 0 Å². The molecular formula is C8H17ClN2. The molecule has 0 aromatic rings. The summed E-state index contributed by atoms with van der Waals surface area (Å²) in [5, 5.41) is 0. The minimum Gasteiger partial charge on any atom is -0.326 e. The summed E-state index contributed by atoms with van der Waals surface area (Å²) in [6, 6.07) is 0. The van der Waals surface area contributed by atoms with E-state index in [9.17, 15) is 0 Å². The van der Waals surface area contributed by atoms with Crippen molar-refractivity contribution >= 4 is 11.6 Å². The van der Waals surface area contributed by atoms with E-state index in [1.54, 1.807) is 0 Å². The van der Waals surface area contributed by atoms with Gasteiger partial charge < -0.3 is 5.43 Å². The molecule has 0 aromatic carbocycles. The van der Waals surface area contributed by atoms with Crippen LogP contribution in [0, 0.1) is 0 Å². The third-order valence-electron chi connectivity index (χ3n) is 1.41. The van der Waals surface area contributed by atoms with Crippen molar-refractivity contribution in [1.82, 2.24) is 10.9 Å². The molecule has 0 aliphatic heterocycles. The van der Waals surface area contributed by atoms with Gasteiger partial charge in [-0.1, -0.05) is 13.3 Å². The van der Waals surface area contributed by atoms with Crippen molar-refractivity contribution < 1.29 is 0 Å². The number of allylic oxidation sites excluding steroid dienone is 2. The van der Waals surface area contributed by atoms with Crippen molar-refractivity contribution in [3.8, 4) is 0 Å². The summed E-state index contributed by atoms with van der Waals surface area (Å²) in [7, 11) is 1.86. The molecule has 11 heavy (non-hydrogen) atoms. The van der Waals surface area contributed by atoms with E-state index < -0.39 is 0 Å². The number of rotatable bonds is 6. The van der Waals surface area contributed by atoms with Crippen molar-refractivity contribution in [3.63, 3.8) is 0 Å². The zero-order valence-corrected chi connectivity index (χ0v) is 8.04. The summed E-state index contributed by atoms with van der Waals surface area (Å²) in [6.45, 7) is 2.18. The lowest BCUT2D eigenvalue weighted by atomic mass is 10.2. The van der Waals surface area contributed by atoms with Crippen LogP contribution in [-0.4, -0.2) is 12.9 Å². The average molecular weight is 177 g/mol. The Kier molecular flexibility index (Phi) is 7.74. The van der Waals surface area contributed by atoms with Crippen LogP contribution in [0.15, 0.2) is 11.8 Å². The summed E-state index contributed by atoms with van der Waals surface area (Å²) in [6.07, 6.45) is 5.49. The van der Waals surface area contributed by atoms with Crippen LogP contribution in [0.5, 0.6) is 0 Å². The number of hydrogen-bond acceptors (Lipinski definition) is 2. The van der Waals surface area contributed by atoms with Crippen LogP contribution in [0.25, 0.3) is 0 Å². The second-order valence-corrected chi connectivity index (χ2v) is 2.67. The third kappa shape index (κ3) is 6.20. The number of nitrogens with one attached hydrogen (secondary N) is 2. The SMILES string of the molecule is CCCC/C(=C/CCl)NNC. The lowest BCUT2D eigenvalue weighted by Crippen LogP contribution is -2.26. The molecule has 0 aliphatic carbocycles. The van der Waals surface area contributed by atoms with Gasteiger partial charge in [0.15, 0.2) is 0 Å². The molecule has 0 radical (unpaired) electrons. The van der Waals surface area contributed by atoms with Crippen LogP contribution in [0.1, 0.15) is 26.2 Å². The van der Waals surface area contributed by atoms with E-state index in [2.05, 4.69) is 17.8 Å². The molecule has 0 bridgehead atoms. The first-order valence-corrected chi connectivity index (χ1v) is 4.56. The molecular weight excluding hydrogens is 160 g/mol. The molecule has 0 fully saturated rings. The number of hydrogen-bond donors (Lipinski definition) is 2. The van der Waals surface area contributed by atoms with Gasteiger partial charge in [-0.2, -0.15) is 0 Å². The summed E-state index contributed by atoms with van der Waals surface area (Å²) in [5.74, 6) is 0.577. The molecule has 0 heterocycles. The van der Waals surface area contributed by atoms with Crippen LogP contribution >= 0.6 is 11.6 Å². The fraction of sp³-hybridized carbons (Fsp3) is 0.750. The van der Waals surface area contributed by atoms with Crippen molar-refractivity contribution in [2.24, 2.45) is 0 Å². The highest BCUT2D eigenvalue weighted by atomic mass is 35.5. The fourth-order valence-corrected chi connectivity index (χ4v) is 1.02. The average Bonchev–Trinajstić information content (AvgIpc) is 2.01. The first-order valence-electron chi connectivity index (χ1n) is 4.02. The fourth-order valence-electron chi connectivity index (χ4n) is 0.837. The second kappa shape index (κ2) is 7.89. The maximum Gasteiger partial charge on any atom is 0.0424 e. The Hall–Kier alpha value is -0.210. The number of unbranched alkanes of at least 4 members (excludes halogenated alkanes) is 1. The normalized spacial score (nSPS) is 11.7. The van der Waals surface area contributed by atoms with Crippen LogP contribution in [-0.2, 0) is 0 Å². The van der Waals surface area contributed by atoms with Crippen molar-refractivity contribution in [2.75, 3.05) is 12.9 Å². The molecule has 2 N–H and O–H groups in total. The molecule has 2 nitrogen and oxygen atoms in total. The van der Waals surface area contributed by atoms with E-state index in [1.807, 2.05) is 13.1 Å². The van der Waals surface area contributed by atoms with Gasteiger partial charge in [-0.05, 0) is 18.9 Å². The van der Waals surface area contributed by atoms with Gasteiger partial charge in [0, 0.05) is 18.6 Å². The maximum absolute atomic E-state index is 5.57. The first kappa shape index (κ1) is 10.8. The molecule has 0 unspecified atom stereocenters. The molecule has 66 valence electrons. The van der Waals surface area contributed by atoms with E-state index in [1.165, 1.54) is 18.5 Å². The molecule has 0 saturated heterocycles. The zero-order chi connectivity index (χ0) is 8.53. The van der Waals surface area contributed by atoms with E-state index in [-0.39, 0.29) is 0 Å². The van der Waals surface area contributed by atoms with Gasteiger partial charge in [-0.25, -0.2) is 5.43 Å². The van der Waals surface area contributed by atoms with Crippen molar-refractivity contribution in [3.05, 3.63) is 11.8 Å². The molecule has 0 aromatic heterocycles. The molecule has 0 spiro atoms. The third-order valence-corrected chi connectivity index (χ3v) is 1.56. The molecule has 0 saturated carbocycles. The molecule has 0 aliphatic rings. The quantitative estimate of drug-likeness (QED) is 0.478. The number of hydrazine groups is 1. The van der Waals surface area contributed by atoms with Crippen LogP contribution in [0.4, 0.5) is 0 Å². The Morgan fingerprint density at radius 1 is 1.55 bits per heavy atom. The molecule has 0 amide bonds. The van der Waals surface area contributed by atoms with Crippen molar-refractivity contribution in [1.29, 1.82) is 0 Å². The Morgan fingerprint density at radius 2 is 2.27 bits per heavy atom. The predicted molar refractivity (Wildman–Crippen MR) is 50.5 cm³/mol. The smallest absolute Gasteiger partial charge is 0.0424 e. The van der Waals surface area contributed by atoms with Crippen LogP contribution < -0.4 is 10.9 Å². The lowest BCUT2D eigenvalue weighted by molar-refractivity contribution is 0.633. The monoisotopic (exact) mass is 176 g/mol. The van der Waals surface area contributed by atoms with Gasteiger partial charge in [-0.15, -0.1) is 11.6 Å². The van der Waals surface area contributed by atoms with Gasteiger partial charge in [0.1, 0.15) is 0 Å². The second-order valence-electron chi connectivity index (χ2n) is 2.36. The molecule has 3 heteroatoms. The van der Waals surface area contributed by atoms with Gasteiger partial charge in [0.05, 0.1) is 0 Å². The highest BCUT2D eigenvalue weighted by molar-refractivity contribution is 6.18. The summed E-state index contributed by atoms with van der Waals surface area (Å²) >= 11 is 5.57. The van der Waals surface area contributed by atoms with Gasteiger partial charge in [0.2, 0.25) is 0 Å². The lowest BCUT2D eigenvalue weighted by Gasteiger charge is -2.07. The number of halogens is 1. The summed E-state index contributed by atoms with van der Waals surface area (Å²) in [4.78, 5) is 0.